The molecule has 27 heavy (non-hydrogen) atoms. The SMILES string of the molecule is CN=C(NCCCN1CCCC(C(N)=O)C1)NCC(C)c1ccccc1.I. The molecule has 1 aromatic rings. The van der Waals surface area contributed by atoms with Gasteiger partial charge in [0.15, 0.2) is 5.96 Å². The van der Waals surface area contributed by atoms with E-state index in [0.29, 0.717) is 5.92 Å². The molecule has 1 saturated heterocycles. The van der Waals surface area contributed by atoms with Crippen molar-refractivity contribution in [3.8, 4) is 0 Å². The minimum absolute atomic E-state index is 0. The Balaban J connectivity index is 0.00000364. The van der Waals surface area contributed by atoms with Crippen molar-refractivity contribution in [2.24, 2.45) is 16.6 Å². The first kappa shape index (κ1) is 23.7. The minimum atomic E-state index is -0.162. The van der Waals surface area contributed by atoms with Gasteiger partial charge in [-0.3, -0.25) is 9.79 Å². The third-order valence-corrected chi connectivity index (χ3v) is 5.02. The average Bonchev–Trinajstić information content (AvgIpc) is 2.68. The number of benzene rings is 1. The maximum atomic E-state index is 11.3. The van der Waals surface area contributed by atoms with E-state index < -0.39 is 0 Å². The van der Waals surface area contributed by atoms with Crippen molar-refractivity contribution in [3.63, 3.8) is 0 Å². The van der Waals surface area contributed by atoms with Crippen LogP contribution < -0.4 is 16.4 Å². The van der Waals surface area contributed by atoms with Crippen LogP contribution in [0.2, 0.25) is 0 Å². The number of hydrogen-bond donors (Lipinski definition) is 3. The van der Waals surface area contributed by atoms with Crippen molar-refractivity contribution in [3.05, 3.63) is 35.9 Å². The van der Waals surface area contributed by atoms with Crippen LogP contribution in [0.15, 0.2) is 35.3 Å². The van der Waals surface area contributed by atoms with Crippen LogP contribution in [0.1, 0.15) is 37.7 Å². The number of nitrogens with two attached hydrogens (primary N) is 1. The molecule has 1 amide bonds. The van der Waals surface area contributed by atoms with E-state index in [-0.39, 0.29) is 35.8 Å². The number of aliphatic imine (C=N–C) groups is 1. The van der Waals surface area contributed by atoms with E-state index in [1.165, 1.54) is 5.56 Å². The minimum Gasteiger partial charge on any atom is -0.369 e. The predicted octanol–water partition coefficient (Wildman–Crippen LogP) is 2.16. The Bertz CT molecular complexity index is 581. The number of rotatable bonds is 8. The molecule has 152 valence electrons. The van der Waals surface area contributed by atoms with E-state index in [1.54, 1.807) is 7.05 Å². The largest absolute Gasteiger partial charge is 0.369 e. The molecular formula is C20H34IN5O. The van der Waals surface area contributed by atoms with Gasteiger partial charge in [-0.2, -0.15) is 0 Å². The molecule has 1 fully saturated rings. The highest BCUT2D eigenvalue weighted by atomic mass is 127. The third kappa shape index (κ3) is 8.47. The van der Waals surface area contributed by atoms with E-state index in [0.717, 1.165) is 57.9 Å². The monoisotopic (exact) mass is 487 g/mol. The predicted molar refractivity (Wildman–Crippen MR) is 123 cm³/mol. The molecule has 1 aliphatic heterocycles. The molecule has 0 aliphatic carbocycles. The van der Waals surface area contributed by atoms with Crippen molar-refractivity contribution in [2.45, 2.75) is 32.1 Å². The summed E-state index contributed by atoms with van der Waals surface area (Å²) in [7, 11) is 1.80. The van der Waals surface area contributed by atoms with E-state index in [4.69, 9.17) is 5.73 Å². The summed E-state index contributed by atoms with van der Waals surface area (Å²) in [6.45, 7) is 6.75. The molecule has 2 atom stereocenters. The van der Waals surface area contributed by atoms with Crippen LogP contribution in [0.25, 0.3) is 0 Å². The van der Waals surface area contributed by atoms with Gasteiger partial charge in [0.25, 0.3) is 0 Å². The van der Waals surface area contributed by atoms with Crippen LogP contribution >= 0.6 is 24.0 Å². The van der Waals surface area contributed by atoms with Gasteiger partial charge in [0, 0.05) is 26.7 Å². The summed E-state index contributed by atoms with van der Waals surface area (Å²) in [6, 6.07) is 10.5. The van der Waals surface area contributed by atoms with Crippen molar-refractivity contribution in [2.75, 3.05) is 39.8 Å². The van der Waals surface area contributed by atoms with E-state index >= 15 is 0 Å². The summed E-state index contributed by atoms with van der Waals surface area (Å²) in [4.78, 5) is 18.0. The van der Waals surface area contributed by atoms with Gasteiger partial charge in [0.05, 0.1) is 5.92 Å². The van der Waals surface area contributed by atoms with Gasteiger partial charge in [-0.15, -0.1) is 24.0 Å². The lowest BCUT2D eigenvalue weighted by Crippen LogP contribution is -2.43. The van der Waals surface area contributed by atoms with Crippen molar-refractivity contribution < 1.29 is 4.79 Å². The van der Waals surface area contributed by atoms with Crippen LogP contribution in [-0.4, -0.2) is 56.5 Å². The lowest BCUT2D eigenvalue weighted by atomic mass is 9.97. The smallest absolute Gasteiger partial charge is 0.221 e. The number of carbonyl (C=O) groups is 1. The summed E-state index contributed by atoms with van der Waals surface area (Å²) in [5.41, 5.74) is 6.76. The number of primary amides is 1. The molecule has 6 nitrogen and oxygen atoms in total. The molecule has 0 radical (unpaired) electrons. The van der Waals surface area contributed by atoms with Crippen molar-refractivity contribution in [1.82, 2.24) is 15.5 Å². The summed E-state index contributed by atoms with van der Waals surface area (Å²) in [5.74, 6) is 1.12. The zero-order chi connectivity index (χ0) is 18.8. The topological polar surface area (TPSA) is 82.8 Å². The molecular weight excluding hydrogens is 453 g/mol. The molecule has 0 saturated carbocycles. The van der Waals surface area contributed by atoms with Gasteiger partial charge in [0.1, 0.15) is 0 Å². The standard InChI is InChI=1S/C20H33N5O.HI/c1-16(17-8-4-3-5-9-17)14-24-20(22-2)23-11-7-13-25-12-6-10-18(15-25)19(21)26;/h3-5,8-9,16,18H,6-7,10-15H2,1-2H3,(H2,21,26)(H2,22,23,24);1H. The van der Waals surface area contributed by atoms with E-state index in [1.807, 2.05) is 6.07 Å². The van der Waals surface area contributed by atoms with Crippen LogP contribution in [0.4, 0.5) is 0 Å². The second-order valence-electron chi connectivity index (χ2n) is 7.09. The average molecular weight is 487 g/mol. The Kier molecular flexibility index (Phi) is 11.3. The number of nitrogens with one attached hydrogen (secondary N) is 2. The number of piperidine rings is 1. The lowest BCUT2D eigenvalue weighted by Gasteiger charge is -2.31. The highest BCUT2D eigenvalue weighted by Crippen LogP contribution is 2.16. The second kappa shape index (κ2) is 12.9. The van der Waals surface area contributed by atoms with Gasteiger partial charge in [-0.1, -0.05) is 37.3 Å². The first-order valence-corrected chi connectivity index (χ1v) is 9.61. The lowest BCUT2D eigenvalue weighted by molar-refractivity contribution is -0.123. The van der Waals surface area contributed by atoms with Gasteiger partial charge < -0.3 is 21.3 Å². The second-order valence-corrected chi connectivity index (χ2v) is 7.09. The fraction of sp³-hybridized carbons (Fsp3) is 0.600. The number of nitrogens with zero attached hydrogens (tertiary/aromatic N) is 2. The van der Waals surface area contributed by atoms with Crippen molar-refractivity contribution in [1.29, 1.82) is 0 Å². The molecule has 0 aromatic heterocycles. The Morgan fingerprint density at radius 3 is 2.74 bits per heavy atom. The number of halogens is 1. The first-order chi connectivity index (χ1) is 12.6. The van der Waals surface area contributed by atoms with Gasteiger partial charge in [-0.25, -0.2) is 0 Å². The summed E-state index contributed by atoms with van der Waals surface area (Å²) in [5, 5.41) is 6.76. The Hall–Kier alpha value is -1.35. The fourth-order valence-electron chi connectivity index (χ4n) is 3.37. The zero-order valence-corrected chi connectivity index (χ0v) is 18.8. The zero-order valence-electron chi connectivity index (χ0n) is 16.5. The summed E-state index contributed by atoms with van der Waals surface area (Å²) < 4.78 is 0. The van der Waals surface area contributed by atoms with Crippen LogP contribution in [0.3, 0.4) is 0 Å². The van der Waals surface area contributed by atoms with E-state index in [2.05, 4.69) is 51.7 Å². The molecule has 0 bridgehead atoms. The third-order valence-electron chi connectivity index (χ3n) is 5.02. The quantitative estimate of drug-likeness (QED) is 0.227. The van der Waals surface area contributed by atoms with Crippen LogP contribution in [0, 0.1) is 5.92 Å². The molecule has 0 spiro atoms. The van der Waals surface area contributed by atoms with Crippen LogP contribution in [0.5, 0.6) is 0 Å². The number of carbonyl (C=O) groups excluding carboxylic acids is 1. The number of hydrogen-bond acceptors (Lipinski definition) is 3. The normalized spacial score (nSPS) is 19.0. The number of amides is 1. The van der Waals surface area contributed by atoms with Gasteiger partial charge >= 0.3 is 0 Å². The van der Waals surface area contributed by atoms with Crippen molar-refractivity contribution >= 4 is 35.8 Å². The Morgan fingerprint density at radius 2 is 2.07 bits per heavy atom. The molecule has 2 unspecified atom stereocenters. The Labute approximate surface area is 180 Å². The van der Waals surface area contributed by atoms with Gasteiger partial charge in [-0.05, 0) is 43.8 Å². The highest BCUT2D eigenvalue weighted by Gasteiger charge is 2.23. The maximum absolute atomic E-state index is 11.3. The molecule has 1 aliphatic rings. The summed E-state index contributed by atoms with van der Waals surface area (Å²) >= 11 is 0. The molecule has 1 heterocycles. The maximum Gasteiger partial charge on any atom is 0.221 e. The van der Waals surface area contributed by atoms with Gasteiger partial charge in [0.2, 0.25) is 5.91 Å². The van der Waals surface area contributed by atoms with Crippen LogP contribution in [-0.2, 0) is 4.79 Å². The molecule has 2 rings (SSSR count). The molecule has 7 heteroatoms. The highest BCUT2D eigenvalue weighted by molar-refractivity contribution is 14.0. The first-order valence-electron chi connectivity index (χ1n) is 9.61. The molecule has 1 aromatic carbocycles. The fourth-order valence-corrected chi connectivity index (χ4v) is 3.37. The number of likely N-dealkylation sites (tertiary alicyclic amines) is 1. The number of guanidine groups is 1. The Morgan fingerprint density at radius 1 is 1.33 bits per heavy atom. The molecule has 4 N–H and O–H groups in total. The summed E-state index contributed by atoms with van der Waals surface area (Å²) in [6.07, 6.45) is 3.00. The van der Waals surface area contributed by atoms with E-state index in [9.17, 15) is 4.79 Å².